The second kappa shape index (κ2) is 9.99. The fourth-order valence-corrected chi connectivity index (χ4v) is 2.83. The molecular weight excluding hydrogens is 380 g/mol. The first-order valence-electron chi connectivity index (χ1n) is 8.99. The monoisotopic (exact) mass is 404 g/mol. The summed E-state index contributed by atoms with van der Waals surface area (Å²) in [6.45, 7) is 4.67. The quantitative estimate of drug-likeness (QED) is 0.666. The SMILES string of the molecule is COc1cc(C(=O)NC(C(N)=O)c2ccccc2)cc(Cl)c1OCCC(C)C. The molecule has 0 aromatic heterocycles. The van der Waals surface area contributed by atoms with Gasteiger partial charge in [0.15, 0.2) is 11.5 Å². The third-order valence-corrected chi connectivity index (χ3v) is 4.41. The van der Waals surface area contributed by atoms with Gasteiger partial charge in [0.1, 0.15) is 6.04 Å². The van der Waals surface area contributed by atoms with Gasteiger partial charge in [0.05, 0.1) is 18.7 Å². The zero-order valence-corrected chi connectivity index (χ0v) is 17.0. The Kier molecular flexibility index (Phi) is 7.70. The zero-order valence-electron chi connectivity index (χ0n) is 16.2. The van der Waals surface area contributed by atoms with Crippen molar-refractivity contribution in [2.24, 2.45) is 11.7 Å². The Labute approximate surface area is 170 Å². The van der Waals surface area contributed by atoms with Crippen molar-refractivity contribution < 1.29 is 19.1 Å². The van der Waals surface area contributed by atoms with Gasteiger partial charge < -0.3 is 20.5 Å². The molecule has 0 aliphatic rings. The molecule has 0 spiro atoms. The Morgan fingerprint density at radius 1 is 1.18 bits per heavy atom. The van der Waals surface area contributed by atoms with Crippen molar-refractivity contribution in [2.45, 2.75) is 26.3 Å². The predicted octanol–water partition coefficient (Wildman–Crippen LogP) is 3.73. The molecule has 28 heavy (non-hydrogen) atoms. The number of rotatable bonds is 9. The molecule has 0 bridgehead atoms. The van der Waals surface area contributed by atoms with E-state index >= 15 is 0 Å². The van der Waals surface area contributed by atoms with Crippen LogP contribution in [-0.4, -0.2) is 25.5 Å². The lowest BCUT2D eigenvalue weighted by atomic mass is 10.1. The van der Waals surface area contributed by atoms with E-state index in [0.29, 0.717) is 29.6 Å². The lowest BCUT2D eigenvalue weighted by molar-refractivity contribution is -0.120. The molecule has 0 saturated heterocycles. The molecule has 0 aliphatic carbocycles. The van der Waals surface area contributed by atoms with Crippen LogP contribution in [0.25, 0.3) is 0 Å². The van der Waals surface area contributed by atoms with E-state index < -0.39 is 17.9 Å². The normalized spacial score (nSPS) is 11.8. The number of hydrogen-bond acceptors (Lipinski definition) is 4. The Hall–Kier alpha value is -2.73. The van der Waals surface area contributed by atoms with Crippen molar-refractivity contribution in [2.75, 3.05) is 13.7 Å². The smallest absolute Gasteiger partial charge is 0.252 e. The summed E-state index contributed by atoms with van der Waals surface area (Å²) in [5.74, 6) is 0.0546. The second-order valence-corrected chi connectivity index (χ2v) is 7.15. The van der Waals surface area contributed by atoms with Crippen LogP contribution in [0.4, 0.5) is 0 Å². The summed E-state index contributed by atoms with van der Waals surface area (Å²) < 4.78 is 11.1. The van der Waals surface area contributed by atoms with Gasteiger partial charge >= 0.3 is 0 Å². The number of primary amides is 1. The van der Waals surface area contributed by atoms with Gasteiger partial charge in [-0.05, 0) is 30.0 Å². The van der Waals surface area contributed by atoms with Crippen LogP contribution in [0.15, 0.2) is 42.5 Å². The van der Waals surface area contributed by atoms with Gasteiger partial charge in [0, 0.05) is 5.56 Å². The fraction of sp³-hybridized carbons (Fsp3) is 0.333. The number of amides is 2. The maximum absolute atomic E-state index is 12.7. The third kappa shape index (κ3) is 5.63. The molecule has 2 rings (SSSR count). The molecule has 1 atom stereocenters. The van der Waals surface area contributed by atoms with Crippen molar-refractivity contribution in [1.29, 1.82) is 0 Å². The van der Waals surface area contributed by atoms with Gasteiger partial charge in [-0.3, -0.25) is 9.59 Å². The van der Waals surface area contributed by atoms with Crippen LogP contribution in [0.3, 0.4) is 0 Å². The molecule has 3 N–H and O–H groups in total. The molecule has 150 valence electrons. The number of ether oxygens (including phenoxy) is 2. The molecule has 1 unspecified atom stereocenters. The molecule has 2 aromatic rings. The highest BCUT2D eigenvalue weighted by Crippen LogP contribution is 2.36. The van der Waals surface area contributed by atoms with Crippen LogP contribution < -0.4 is 20.5 Å². The van der Waals surface area contributed by atoms with Gasteiger partial charge in [-0.15, -0.1) is 0 Å². The average Bonchev–Trinajstić information content (AvgIpc) is 2.66. The van der Waals surface area contributed by atoms with Gasteiger partial charge in [-0.1, -0.05) is 55.8 Å². The average molecular weight is 405 g/mol. The number of methoxy groups -OCH3 is 1. The molecule has 6 nitrogen and oxygen atoms in total. The van der Waals surface area contributed by atoms with Crippen LogP contribution in [0, 0.1) is 5.92 Å². The molecule has 7 heteroatoms. The number of halogens is 1. The van der Waals surface area contributed by atoms with E-state index in [9.17, 15) is 9.59 Å². The minimum atomic E-state index is -0.958. The topological polar surface area (TPSA) is 90.6 Å². The molecule has 0 aliphatic heterocycles. The third-order valence-electron chi connectivity index (χ3n) is 4.13. The van der Waals surface area contributed by atoms with E-state index in [0.717, 1.165) is 6.42 Å². The predicted molar refractivity (Wildman–Crippen MR) is 109 cm³/mol. The number of carbonyl (C=O) groups is 2. The first-order chi connectivity index (χ1) is 13.3. The number of hydrogen-bond donors (Lipinski definition) is 2. The van der Waals surface area contributed by atoms with E-state index in [1.807, 2.05) is 6.07 Å². The summed E-state index contributed by atoms with van der Waals surface area (Å²) >= 11 is 6.31. The van der Waals surface area contributed by atoms with E-state index in [4.69, 9.17) is 26.8 Å². The summed E-state index contributed by atoms with van der Waals surface area (Å²) in [6, 6.07) is 10.8. The van der Waals surface area contributed by atoms with Gasteiger partial charge in [-0.25, -0.2) is 0 Å². The van der Waals surface area contributed by atoms with Crippen molar-refractivity contribution in [3.63, 3.8) is 0 Å². The summed E-state index contributed by atoms with van der Waals surface area (Å²) in [5, 5.41) is 2.89. The maximum atomic E-state index is 12.7. The molecular formula is C21H25ClN2O4. The zero-order chi connectivity index (χ0) is 20.7. The maximum Gasteiger partial charge on any atom is 0.252 e. The highest BCUT2D eigenvalue weighted by molar-refractivity contribution is 6.32. The van der Waals surface area contributed by atoms with Crippen LogP contribution >= 0.6 is 11.6 Å². The minimum absolute atomic E-state index is 0.236. The van der Waals surface area contributed by atoms with Gasteiger partial charge in [0.2, 0.25) is 5.91 Å². The van der Waals surface area contributed by atoms with E-state index in [1.54, 1.807) is 24.3 Å². The van der Waals surface area contributed by atoms with E-state index in [2.05, 4.69) is 19.2 Å². The second-order valence-electron chi connectivity index (χ2n) is 6.74. The van der Waals surface area contributed by atoms with Crippen LogP contribution in [0.5, 0.6) is 11.5 Å². The highest BCUT2D eigenvalue weighted by Gasteiger charge is 2.22. The molecule has 0 heterocycles. The summed E-state index contributed by atoms with van der Waals surface area (Å²) in [6.07, 6.45) is 0.860. The summed E-state index contributed by atoms with van der Waals surface area (Å²) in [7, 11) is 1.47. The van der Waals surface area contributed by atoms with Crippen LogP contribution in [0.2, 0.25) is 5.02 Å². The van der Waals surface area contributed by atoms with Crippen molar-refractivity contribution >= 4 is 23.4 Å². The molecule has 0 fully saturated rings. The van der Waals surface area contributed by atoms with Crippen molar-refractivity contribution in [1.82, 2.24) is 5.32 Å². The van der Waals surface area contributed by atoms with Crippen LogP contribution in [0.1, 0.15) is 42.2 Å². The summed E-state index contributed by atoms with van der Waals surface area (Å²) in [4.78, 5) is 24.5. The lowest BCUT2D eigenvalue weighted by Gasteiger charge is -2.18. The fourth-order valence-electron chi connectivity index (χ4n) is 2.57. The Morgan fingerprint density at radius 2 is 1.86 bits per heavy atom. The van der Waals surface area contributed by atoms with E-state index in [1.165, 1.54) is 19.2 Å². The number of benzene rings is 2. The number of nitrogens with one attached hydrogen (secondary N) is 1. The van der Waals surface area contributed by atoms with Crippen molar-refractivity contribution in [3.8, 4) is 11.5 Å². The Balaban J connectivity index is 2.22. The molecule has 0 saturated carbocycles. The highest BCUT2D eigenvalue weighted by atomic mass is 35.5. The first kappa shape index (κ1) is 21.6. The van der Waals surface area contributed by atoms with Gasteiger partial charge in [-0.2, -0.15) is 0 Å². The van der Waals surface area contributed by atoms with Crippen LogP contribution in [-0.2, 0) is 4.79 Å². The molecule has 2 aromatic carbocycles. The minimum Gasteiger partial charge on any atom is -0.493 e. The molecule has 0 radical (unpaired) electrons. The van der Waals surface area contributed by atoms with E-state index in [-0.39, 0.29) is 10.6 Å². The largest absolute Gasteiger partial charge is 0.493 e. The van der Waals surface area contributed by atoms with Gasteiger partial charge in [0.25, 0.3) is 5.91 Å². The number of carbonyl (C=O) groups excluding carboxylic acids is 2. The Morgan fingerprint density at radius 3 is 2.43 bits per heavy atom. The molecule has 2 amide bonds. The lowest BCUT2D eigenvalue weighted by Crippen LogP contribution is -2.37. The number of nitrogens with two attached hydrogens (primary N) is 1. The standard InChI is InChI=1S/C21H25ClN2O4/c1-13(2)9-10-28-19-16(22)11-15(12-17(19)27-3)21(26)24-18(20(23)25)14-7-5-4-6-8-14/h4-8,11-13,18H,9-10H2,1-3H3,(H2,23,25)(H,24,26). The first-order valence-corrected chi connectivity index (χ1v) is 9.36. The van der Waals surface area contributed by atoms with Crippen molar-refractivity contribution in [3.05, 3.63) is 58.6 Å². The Bertz CT molecular complexity index is 825. The summed E-state index contributed by atoms with van der Waals surface area (Å²) in [5.41, 5.74) is 6.29.